The average molecular weight is 284 g/mol. The van der Waals surface area contributed by atoms with Gasteiger partial charge in [0.2, 0.25) is 0 Å². The highest BCUT2D eigenvalue weighted by molar-refractivity contribution is 5.46. The van der Waals surface area contributed by atoms with Crippen molar-refractivity contribution >= 4 is 0 Å². The summed E-state index contributed by atoms with van der Waals surface area (Å²) in [5.74, 6) is 0.749. The van der Waals surface area contributed by atoms with Crippen LogP contribution in [0.5, 0.6) is 5.75 Å². The summed E-state index contributed by atoms with van der Waals surface area (Å²) in [5, 5.41) is 10.9. The Morgan fingerprint density at radius 1 is 0.952 bits per heavy atom. The smallest absolute Gasteiger partial charge is 0.125 e. The van der Waals surface area contributed by atoms with Gasteiger partial charge in [0.1, 0.15) is 11.9 Å². The predicted octanol–water partition coefficient (Wildman–Crippen LogP) is 4.48. The van der Waals surface area contributed by atoms with E-state index in [0.29, 0.717) is 0 Å². The van der Waals surface area contributed by atoms with E-state index in [1.807, 2.05) is 52.0 Å². The Labute approximate surface area is 127 Å². The zero-order chi connectivity index (χ0) is 15.6. The molecular formula is C19H24O2. The number of rotatable bonds is 4. The van der Waals surface area contributed by atoms with Gasteiger partial charge in [-0.1, -0.05) is 35.9 Å². The van der Waals surface area contributed by atoms with Crippen LogP contribution in [0, 0.1) is 20.8 Å². The summed E-state index contributed by atoms with van der Waals surface area (Å²) in [5.41, 5.74) is 5.23. The fraction of sp³-hybridized carbons (Fsp3) is 0.368. The molecule has 0 bridgehead atoms. The van der Waals surface area contributed by atoms with E-state index in [9.17, 15) is 5.11 Å². The van der Waals surface area contributed by atoms with Gasteiger partial charge in [-0.15, -0.1) is 0 Å². The van der Waals surface area contributed by atoms with E-state index in [-0.39, 0.29) is 6.10 Å². The lowest BCUT2D eigenvalue weighted by molar-refractivity contribution is 0.197. The third-order valence-electron chi connectivity index (χ3n) is 3.59. The predicted molar refractivity (Wildman–Crippen MR) is 86.9 cm³/mol. The largest absolute Gasteiger partial charge is 0.491 e. The zero-order valence-electron chi connectivity index (χ0n) is 13.5. The third-order valence-corrected chi connectivity index (χ3v) is 3.59. The Balaban J connectivity index is 2.48. The molecule has 0 spiro atoms. The SMILES string of the molecule is Cc1cc(C)c(C(O)c2ccccc2OC(C)C)c(C)c1. The van der Waals surface area contributed by atoms with Gasteiger partial charge >= 0.3 is 0 Å². The van der Waals surface area contributed by atoms with Gasteiger partial charge in [-0.25, -0.2) is 0 Å². The number of benzene rings is 2. The van der Waals surface area contributed by atoms with Gasteiger partial charge in [-0.3, -0.25) is 0 Å². The first-order valence-electron chi connectivity index (χ1n) is 7.41. The number of aliphatic hydroxyl groups is 1. The second-order valence-corrected chi connectivity index (χ2v) is 5.92. The van der Waals surface area contributed by atoms with Crippen LogP contribution in [0.4, 0.5) is 0 Å². The van der Waals surface area contributed by atoms with Gasteiger partial charge in [0.15, 0.2) is 0 Å². The zero-order valence-corrected chi connectivity index (χ0v) is 13.5. The standard InChI is InChI=1S/C19H24O2/c1-12(2)21-17-9-7-6-8-16(17)19(20)18-14(4)10-13(3)11-15(18)5/h6-12,19-20H,1-5H3. The number of ether oxygens (including phenoxy) is 1. The van der Waals surface area contributed by atoms with Gasteiger partial charge in [0.05, 0.1) is 6.10 Å². The first-order chi connectivity index (χ1) is 9.90. The van der Waals surface area contributed by atoms with Crippen molar-refractivity contribution in [1.82, 2.24) is 0 Å². The normalized spacial score (nSPS) is 12.5. The molecule has 0 saturated carbocycles. The summed E-state index contributed by atoms with van der Waals surface area (Å²) in [7, 11) is 0. The van der Waals surface area contributed by atoms with Crippen LogP contribution >= 0.6 is 0 Å². The summed E-state index contributed by atoms with van der Waals surface area (Å²) in [6, 6.07) is 11.9. The van der Waals surface area contributed by atoms with Gasteiger partial charge in [0.25, 0.3) is 0 Å². The molecule has 0 radical (unpaired) electrons. The molecule has 112 valence electrons. The summed E-state index contributed by atoms with van der Waals surface area (Å²) in [6.07, 6.45) is -0.584. The van der Waals surface area contributed by atoms with Crippen LogP contribution in [0.25, 0.3) is 0 Å². The van der Waals surface area contributed by atoms with Gasteiger partial charge < -0.3 is 9.84 Å². The highest BCUT2D eigenvalue weighted by Gasteiger charge is 2.19. The molecule has 2 rings (SSSR count). The Kier molecular flexibility index (Phi) is 4.69. The second-order valence-electron chi connectivity index (χ2n) is 5.92. The molecule has 1 unspecified atom stereocenters. The number of hydrogen-bond acceptors (Lipinski definition) is 2. The van der Waals surface area contributed by atoms with E-state index >= 15 is 0 Å². The van der Waals surface area contributed by atoms with Crippen molar-refractivity contribution in [3.05, 3.63) is 64.2 Å². The van der Waals surface area contributed by atoms with E-state index in [1.54, 1.807) is 0 Å². The second kappa shape index (κ2) is 6.31. The Morgan fingerprint density at radius 2 is 1.52 bits per heavy atom. The maximum Gasteiger partial charge on any atom is 0.125 e. The van der Waals surface area contributed by atoms with E-state index < -0.39 is 6.10 Å². The lowest BCUT2D eigenvalue weighted by Gasteiger charge is -2.21. The van der Waals surface area contributed by atoms with E-state index in [2.05, 4.69) is 19.1 Å². The highest BCUT2D eigenvalue weighted by Crippen LogP contribution is 2.34. The summed E-state index contributed by atoms with van der Waals surface area (Å²) in [6.45, 7) is 10.2. The Hall–Kier alpha value is -1.80. The number of aryl methyl sites for hydroxylation is 3. The quantitative estimate of drug-likeness (QED) is 0.897. The van der Waals surface area contributed by atoms with E-state index in [4.69, 9.17) is 4.74 Å². The van der Waals surface area contributed by atoms with Crippen LogP contribution in [0.15, 0.2) is 36.4 Å². The highest BCUT2D eigenvalue weighted by atomic mass is 16.5. The molecule has 0 aliphatic rings. The van der Waals surface area contributed by atoms with Crippen LogP contribution in [0.2, 0.25) is 0 Å². The molecular weight excluding hydrogens is 260 g/mol. The van der Waals surface area contributed by atoms with Crippen molar-refractivity contribution in [3.8, 4) is 5.75 Å². The van der Waals surface area contributed by atoms with Gasteiger partial charge in [-0.2, -0.15) is 0 Å². The first-order valence-corrected chi connectivity index (χ1v) is 7.41. The number of aliphatic hydroxyl groups excluding tert-OH is 1. The van der Waals surface area contributed by atoms with E-state index in [1.165, 1.54) is 5.56 Å². The van der Waals surface area contributed by atoms with Gasteiger partial charge in [0, 0.05) is 5.56 Å². The minimum Gasteiger partial charge on any atom is -0.491 e. The van der Waals surface area contributed by atoms with Crippen molar-refractivity contribution in [2.45, 2.75) is 46.8 Å². The van der Waals surface area contributed by atoms with Crippen LogP contribution in [-0.2, 0) is 0 Å². The maximum absolute atomic E-state index is 10.9. The summed E-state index contributed by atoms with van der Waals surface area (Å²) >= 11 is 0. The fourth-order valence-electron chi connectivity index (χ4n) is 2.85. The molecule has 1 N–H and O–H groups in total. The molecule has 1 atom stereocenters. The van der Waals surface area contributed by atoms with E-state index in [0.717, 1.165) is 28.0 Å². The van der Waals surface area contributed by atoms with Crippen molar-refractivity contribution in [1.29, 1.82) is 0 Å². The molecule has 0 aromatic heterocycles. The van der Waals surface area contributed by atoms with Crippen LogP contribution in [-0.4, -0.2) is 11.2 Å². The first kappa shape index (κ1) is 15.6. The molecule has 0 fully saturated rings. The van der Waals surface area contributed by atoms with Gasteiger partial charge in [-0.05, 0) is 57.4 Å². The lowest BCUT2D eigenvalue weighted by Crippen LogP contribution is -2.11. The number of hydrogen-bond donors (Lipinski definition) is 1. The molecule has 21 heavy (non-hydrogen) atoms. The van der Waals surface area contributed by atoms with Crippen LogP contribution in [0.3, 0.4) is 0 Å². The molecule has 0 saturated heterocycles. The molecule has 2 heteroatoms. The van der Waals surface area contributed by atoms with Crippen molar-refractivity contribution in [3.63, 3.8) is 0 Å². The fourth-order valence-corrected chi connectivity index (χ4v) is 2.85. The molecule has 2 aromatic rings. The van der Waals surface area contributed by atoms with Crippen molar-refractivity contribution in [2.24, 2.45) is 0 Å². The molecule has 0 heterocycles. The minimum atomic E-state index is -0.666. The van der Waals surface area contributed by atoms with Crippen molar-refractivity contribution < 1.29 is 9.84 Å². The molecule has 2 nitrogen and oxygen atoms in total. The molecule has 0 amide bonds. The average Bonchev–Trinajstić information content (AvgIpc) is 2.37. The third kappa shape index (κ3) is 3.45. The van der Waals surface area contributed by atoms with Crippen LogP contribution < -0.4 is 4.74 Å². The monoisotopic (exact) mass is 284 g/mol. The lowest BCUT2D eigenvalue weighted by atomic mass is 9.91. The summed E-state index contributed by atoms with van der Waals surface area (Å²) in [4.78, 5) is 0. The Morgan fingerprint density at radius 3 is 2.10 bits per heavy atom. The Bertz CT molecular complexity index is 606. The van der Waals surface area contributed by atoms with Crippen molar-refractivity contribution in [2.75, 3.05) is 0 Å². The molecule has 2 aromatic carbocycles. The maximum atomic E-state index is 10.9. The molecule has 0 aliphatic carbocycles. The summed E-state index contributed by atoms with van der Waals surface area (Å²) < 4.78 is 5.83. The van der Waals surface area contributed by atoms with Crippen LogP contribution in [0.1, 0.15) is 47.8 Å². The number of para-hydroxylation sites is 1. The molecule has 0 aliphatic heterocycles. The minimum absolute atomic E-state index is 0.0820. The topological polar surface area (TPSA) is 29.5 Å².